The summed E-state index contributed by atoms with van der Waals surface area (Å²) in [6.07, 6.45) is 1.54. The van der Waals surface area contributed by atoms with Gasteiger partial charge in [0.05, 0.1) is 31.9 Å². The van der Waals surface area contributed by atoms with Gasteiger partial charge in [-0.3, -0.25) is 19.5 Å². The number of anilines is 1. The van der Waals surface area contributed by atoms with Crippen molar-refractivity contribution < 1.29 is 24.6 Å². The molecule has 0 saturated carbocycles. The van der Waals surface area contributed by atoms with E-state index in [1.54, 1.807) is 41.8 Å². The van der Waals surface area contributed by atoms with Crippen LogP contribution in [0.15, 0.2) is 71.4 Å². The summed E-state index contributed by atoms with van der Waals surface area (Å²) in [6.45, 7) is 0. The molecule has 1 aliphatic heterocycles. The molecule has 2 N–H and O–H groups in total. The predicted molar refractivity (Wildman–Crippen MR) is 119 cm³/mol. The number of thiophene rings is 1. The number of aromatic carboxylic acids is 1. The Bertz CT molecular complexity index is 1410. The Hall–Kier alpha value is -3.89. The second-order valence-corrected chi connectivity index (χ2v) is 8.84. The Labute approximate surface area is 188 Å². The van der Waals surface area contributed by atoms with Crippen molar-refractivity contribution >= 4 is 55.7 Å². The Morgan fingerprint density at radius 2 is 1.94 bits per heavy atom. The highest BCUT2D eigenvalue weighted by Gasteiger charge is 2.46. The average Bonchev–Trinajstić information content (AvgIpc) is 3.52. The Morgan fingerprint density at radius 1 is 1.09 bits per heavy atom. The summed E-state index contributed by atoms with van der Waals surface area (Å²) in [4.78, 5) is 48.1. The van der Waals surface area contributed by atoms with Crippen molar-refractivity contribution in [3.63, 3.8) is 0 Å². The first-order chi connectivity index (χ1) is 15.5. The van der Waals surface area contributed by atoms with Crippen LogP contribution in [0.4, 0.5) is 5.13 Å². The molecule has 8 nitrogen and oxygen atoms in total. The van der Waals surface area contributed by atoms with E-state index in [0.29, 0.717) is 20.8 Å². The van der Waals surface area contributed by atoms with Crippen LogP contribution < -0.4 is 4.90 Å². The molecule has 0 fully saturated rings. The van der Waals surface area contributed by atoms with Crippen LogP contribution in [0.3, 0.4) is 0 Å². The van der Waals surface area contributed by atoms with Gasteiger partial charge in [-0.2, -0.15) is 0 Å². The summed E-state index contributed by atoms with van der Waals surface area (Å²) in [7, 11) is 0. The molecule has 5 rings (SSSR count). The number of amides is 1. The molecule has 1 atom stereocenters. The number of carbonyl (C=O) groups is 3. The first-order valence-electron chi connectivity index (χ1n) is 9.35. The fraction of sp³-hybridized carbons (Fsp3) is 0.0455. The van der Waals surface area contributed by atoms with E-state index in [2.05, 4.69) is 9.97 Å². The van der Waals surface area contributed by atoms with Crippen LogP contribution in [0.1, 0.15) is 31.8 Å². The standard InChI is InChI=1S/C22H13N3O5S2/c26-18(14-5-3-9-31-14)16-17(13-4-1-2-8-23-13)25(20(28)19(16)27)22-24-12-7-6-11(21(29)30)10-15(12)32-22/h1-10,17,27H,(H,29,30). The van der Waals surface area contributed by atoms with Crippen molar-refractivity contribution in [3.05, 3.63) is 87.6 Å². The van der Waals surface area contributed by atoms with Crippen LogP contribution in [0.5, 0.6) is 0 Å². The number of ketones is 1. The number of aliphatic hydroxyl groups excluding tert-OH is 1. The van der Waals surface area contributed by atoms with Gasteiger partial charge in [-0.05, 0) is 41.8 Å². The van der Waals surface area contributed by atoms with E-state index >= 15 is 0 Å². The lowest BCUT2D eigenvalue weighted by atomic mass is 9.99. The Balaban J connectivity index is 1.66. The minimum absolute atomic E-state index is 0.0679. The number of carbonyl (C=O) groups excluding carboxylic acids is 2. The Morgan fingerprint density at radius 3 is 2.62 bits per heavy atom. The SMILES string of the molecule is O=C(O)c1ccc2nc(N3C(=O)C(O)=C(C(=O)c4cccs4)C3c3ccccn3)sc2c1. The van der Waals surface area contributed by atoms with Gasteiger partial charge >= 0.3 is 5.97 Å². The van der Waals surface area contributed by atoms with Gasteiger partial charge in [-0.1, -0.05) is 23.5 Å². The number of hydrogen-bond donors (Lipinski definition) is 2. The molecule has 4 heterocycles. The normalized spacial score (nSPS) is 16.2. The van der Waals surface area contributed by atoms with Gasteiger partial charge in [0, 0.05) is 6.20 Å². The maximum absolute atomic E-state index is 13.2. The molecule has 0 bridgehead atoms. The fourth-order valence-corrected chi connectivity index (χ4v) is 5.25. The molecule has 1 aromatic carbocycles. The lowest BCUT2D eigenvalue weighted by Gasteiger charge is -2.23. The summed E-state index contributed by atoms with van der Waals surface area (Å²) in [5, 5.41) is 21.9. The summed E-state index contributed by atoms with van der Waals surface area (Å²) >= 11 is 2.31. The zero-order valence-corrected chi connectivity index (χ0v) is 17.8. The lowest BCUT2D eigenvalue weighted by molar-refractivity contribution is -0.117. The molecule has 0 saturated heterocycles. The molecule has 1 aliphatic rings. The third-order valence-corrected chi connectivity index (χ3v) is 6.88. The highest BCUT2D eigenvalue weighted by atomic mass is 32.1. The number of hydrogen-bond acceptors (Lipinski definition) is 8. The highest BCUT2D eigenvalue weighted by molar-refractivity contribution is 7.22. The number of thiazole rings is 1. The van der Waals surface area contributed by atoms with Gasteiger partial charge in [-0.25, -0.2) is 9.78 Å². The maximum Gasteiger partial charge on any atom is 0.335 e. The van der Waals surface area contributed by atoms with Gasteiger partial charge in [0.15, 0.2) is 10.9 Å². The van der Waals surface area contributed by atoms with Crippen molar-refractivity contribution in [2.45, 2.75) is 6.04 Å². The Kier molecular flexibility index (Phi) is 4.80. The minimum Gasteiger partial charge on any atom is -0.503 e. The monoisotopic (exact) mass is 463 g/mol. The van der Waals surface area contributed by atoms with E-state index in [9.17, 15) is 24.6 Å². The van der Waals surface area contributed by atoms with Crippen molar-refractivity contribution in [2.75, 3.05) is 4.90 Å². The molecule has 158 valence electrons. The van der Waals surface area contributed by atoms with Crippen LogP contribution in [0.2, 0.25) is 0 Å². The van der Waals surface area contributed by atoms with Gasteiger partial charge in [0.25, 0.3) is 5.91 Å². The lowest BCUT2D eigenvalue weighted by Crippen LogP contribution is -2.31. The second kappa shape index (κ2) is 7.66. The number of aromatic nitrogens is 2. The van der Waals surface area contributed by atoms with Crippen LogP contribution in [-0.2, 0) is 4.79 Å². The van der Waals surface area contributed by atoms with Crippen molar-refractivity contribution in [2.24, 2.45) is 0 Å². The molecule has 0 aliphatic carbocycles. The molecular weight excluding hydrogens is 450 g/mol. The minimum atomic E-state index is -1.08. The number of pyridine rings is 1. The molecule has 32 heavy (non-hydrogen) atoms. The van der Waals surface area contributed by atoms with Crippen LogP contribution in [0, 0.1) is 0 Å². The fourth-order valence-electron chi connectivity index (χ4n) is 3.54. The van der Waals surface area contributed by atoms with Crippen LogP contribution in [-0.4, -0.2) is 37.8 Å². The molecule has 0 radical (unpaired) electrons. The van der Waals surface area contributed by atoms with E-state index in [-0.39, 0.29) is 16.3 Å². The largest absolute Gasteiger partial charge is 0.503 e. The molecule has 3 aromatic heterocycles. The molecule has 1 unspecified atom stereocenters. The van der Waals surface area contributed by atoms with E-state index in [0.717, 1.165) is 11.3 Å². The van der Waals surface area contributed by atoms with E-state index in [1.807, 2.05) is 0 Å². The summed E-state index contributed by atoms with van der Waals surface area (Å²) in [6, 6.07) is 11.9. The second-order valence-electron chi connectivity index (χ2n) is 6.89. The molecule has 4 aromatic rings. The van der Waals surface area contributed by atoms with E-state index in [4.69, 9.17) is 0 Å². The van der Waals surface area contributed by atoms with Crippen molar-refractivity contribution in [3.8, 4) is 0 Å². The van der Waals surface area contributed by atoms with E-state index < -0.39 is 29.5 Å². The van der Waals surface area contributed by atoms with E-state index in [1.165, 1.54) is 34.6 Å². The number of Topliss-reactive ketones (excluding diaryl/α,β-unsaturated/α-hetero) is 1. The van der Waals surface area contributed by atoms with Gasteiger partial charge in [0.2, 0.25) is 5.78 Å². The zero-order chi connectivity index (χ0) is 22.4. The molecular formula is C22H13N3O5S2. The summed E-state index contributed by atoms with van der Waals surface area (Å²) in [5.74, 6) is -2.95. The topological polar surface area (TPSA) is 121 Å². The van der Waals surface area contributed by atoms with Gasteiger partial charge < -0.3 is 10.2 Å². The number of aliphatic hydroxyl groups is 1. The summed E-state index contributed by atoms with van der Waals surface area (Å²) in [5.41, 5.74) is 0.924. The third kappa shape index (κ3) is 3.17. The number of carboxylic acids is 1. The number of nitrogens with zero attached hydrogens (tertiary/aromatic N) is 3. The number of rotatable bonds is 5. The van der Waals surface area contributed by atoms with Crippen LogP contribution >= 0.6 is 22.7 Å². The molecule has 10 heteroatoms. The first-order valence-corrected chi connectivity index (χ1v) is 11.0. The van der Waals surface area contributed by atoms with Crippen molar-refractivity contribution in [1.82, 2.24) is 9.97 Å². The smallest absolute Gasteiger partial charge is 0.335 e. The average molecular weight is 463 g/mol. The number of benzene rings is 1. The van der Waals surface area contributed by atoms with Crippen molar-refractivity contribution in [1.29, 1.82) is 0 Å². The highest BCUT2D eigenvalue weighted by Crippen LogP contribution is 2.43. The van der Waals surface area contributed by atoms with Gasteiger partial charge in [0.1, 0.15) is 6.04 Å². The quantitative estimate of drug-likeness (QED) is 0.425. The van der Waals surface area contributed by atoms with Gasteiger partial charge in [-0.15, -0.1) is 11.3 Å². The molecule has 0 spiro atoms. The number of carboxylic acid groups (broad SMARTS) is 1. The van der Waals surface area contributed by atoms with Crippen LogP contribution in [0.25, 0.3) is 10.2 Å². The predicted octanol–water partition coefficient (Wildman–Crippen LogP) is 4.23. The third-order valence-electron chi connectivity index (χ3n) is 5.00. The maximum atomic E-state index is 13.2. The summed E-state index contributed by atoms with van der Waals surface area (Å²) < 4.78 is 0.560. The number of fused-ring (bicyclic) bond motifs is 1. The zero-order valence-electron chi connectivity index (χ0n) is 16.1. The molecule has 1 amide bonds. The first kappa shape index (κ1) is 20.0.